The maximum atomic E-state index is 12.1. The number of carbonyl (C=O) groups excluding carboxylic acids is 3. The second-order valence-electron chi connectivity index (χ2n) is 5.69. The summed E-state index contributed by atoms with van der Waals surface area (Å²) in [6.07, 6.45) is 0.0530. The molecule has 0 aliphatic rings. The average molecular weight is 386 g/mol. The Labute approximate surface area is 159 Å². The average Bonchev–Trinajstić information content (AvgIpc) is 3.32. The van der Waals surface area contributed by atoms with Gasteiger partial charge in [0, 0.05) is 11.8 Å². The van der Waals surface area contributed by atoms with Crippen LogP contribution < -0.4 is 0 Å². The molecule has 1 aromatic carbocycles. The molecule has 0 saturated heterocycles. The van der Waals surface area contributed by atoms with Gasteiger partial charge in [-0.2, -0.15) is 0 Å². The van der Waals surface area contributed by atoms with E-state index in [2.05, 4.69) is 0 Å². The number of hydrogen-bond acceptors (Lipinski definition) is 7. The van der Waals surface area contributed by atoms with Crippen molar-refractivity contribution in [3.8, 4) is 0 Å². The molecule has 3 rings (SSSR count). The van der Waals surface area contributed by atoms with Crippen LogP contribution in [0.15, 0.2) is 46.2 Å². The topological polar surface area (TPSA) is 82.8 Å². The van der Waals surface area contributed by atoms with Crippen LogP contribution in [0.25, 0.3) is 11.0 Å². The molecule has 0 saturated carbocycles. The molecule has 0 radical (unpaired) electrons. The van der Waals surface area contributed by atoms with Crippen LogP contribution in [0.1, 0.15) is 45.6 Å². The normalized spacial score (nSPS) is 10.7. The third-order valence-electron chi connectivity index (χ3n) is 3.89. The fourth-order valence-electron chi connectivity index (χ4n) is 2.60. The molecular weight excluding hydrogens is 368 g/mol. The number of Topliss-reactive ketones (excluding diaryl/α,β-unsaturated/α-hetero) is 1. The number of hydrogen-bond donors (Lipinski definition) is 0. The number of rotatable bonds is 8. The van der Waals surface area contributed by atoms with Gasteiger partial charge in [-0.05, 0) is 24.4 Å². The summed E-state index contributed by atoms with van der Waals surface area (Å²) in [6, 6.07) is 10.6. The van der Waals surface area contributed by atoms with Crippen molar-refractivity contribution in [1.82, 2.24) is 0 Å². The molecule has 0 unspecified atom stereocenters. The van der Waals surface area contributed by atoms with E-state index in [9.17, 15) is 14.4 Å². The van der Waals surface area contributed by atoms with Gasteiger partial charge in [-0.25, -0.2) is 4.79 Å². The maximum Gasteiger partial charge on any atom is 0.374 e. The zero-order valence-corrected chi connectivity index (χ0v) is 15.5. The van der Waals surface area contributed by atoms with Gasteiger partial charge >= 0.3 is 11.9 Å². The summed E-state index contributed by atoms with van der Waals surface area (Å²) in [4.78, 5) is 36.7. The Hall–Kier alpha value is -2.93. The molecule has 27 heavy (non-hydrogen) atoms. The lowest BCUT2D eigenvalue weighted by molar-refractivity contribution is -0.144. The number of ketones is 1. The van der Waals surface area contributed by atoms with E-state index >= 15 is 0 Å². The van der Waals surface area contributed by atoms with Crippen LogP contribution in [-0.2, 0) is 20.9 Å². The predicted molar refractivity (Wildman–Crippen MR) is 99.9 cm³/mol. The largest absolute Gasteiger partial charge is 0.461 e. The lowest BCUT2D eigenvalue weighted by atomic mass is 10.1. The Morgan fingerprint density at radius 2 is 1.85 bits per heavy atom. The number of para-hydroxylation sites is 1. The highest BCUT2D eigenvalue weighted by molar-refractivity contribution is 7.12. The zero-order chi connectivity index (χ0) is 19.2. The Morgan fingerprint density at radius 1 is 1.04 bits per heavy atom. The number of carbonyl (C=O) groups is 3. The Morgan fingerprint density at radius 3 is 2.59 bits per heavy atom. The standard InChI is InChI=1S/C20H18O6S/c1-2-24-20(23)19-14(13-6-3-4-7-16(13)26-19)12-25-18(22)10-9-15(21)17-8-5-11-27-17/h3-8,11H,2,9-10,12H2,1H3. The van der Waals surface area contributed by atoms with E-state index in [1.54, 1.807) is 43.3 Å². The van der Waals surface area contributed by atoms with Crippen LogP contribution in [0.2, 0.25) is 0 Å². The van der Waals surface area contributed by atoms with Crippen molar-refractivity contribution in [2.24, 2.45) is 0 Å². The Kier molecular flexibility index (Phi) is 6.03. The molecule has 0 bridgehead atoms. The van der Waals surface area contributed by atoms with E-state index < -0.39 is 11.9 Å². The highest BCUT2D eigenvalue weighted by atomic mass is 32.1. The zero-order valence-electron chi connectivity index (χ0n) is 14.7. The first kappa shape index (κ1) is 18.8. The molecule has 0 atom stereocenters. The number of ether oxygens (including phenoxy) is 2. The monoisotopic (exact) mass is 386 g/mol. The third kappa shape index (κ3) is 4.43. The van der Waals surface area contributed by atoms with Gasteiger partial charge in [0.2, 0.25) is 5.76 Å². The minimum absolute atomic E-state index is 0.0265. The van der Waals surface area contributed by atoms with Crippen LogP contribution in [-0.4, -0.2) is 24.3 Å². The summed E-state index contributed by atoms with van der Waals surface area (Å²) in [5.74, 6) is -1.18. The van der Waals surface area contributed by atoms with Crippen LogP contribution >= 0.6 is 11.3 Å². The fraction of sp³-hybridized carbons (Fsp3) is 0.250. The molecular formula is C20H18O6S. The minimum atomic E-state index is -0.604. The van der Waals surface area contributed by atoms with Gasteiger partial charge in [-0.3, -0.25) is 9.59 Å². The molecule has 6 nitrogen and oxygen atoms in total. The lowest BCUT2D eigenvalue weighted by Gasteiger charge is -2.05. The number of furan rings is 1. The van der Waals surface area contributed by atoms with Gasteiger partial charge in [0.15, 0.2) is 5.78 Å². The molecule has 7 heteroatoms. The first-order valence-corrected chi connectivity index (χ1v) is 9.38. The number of esters is 2. The molecule has 2 aromatic heterocycles. The Bertz CT molecular complexity index is 954. The van der Waals surface area contributed by atoms with Gasteiger partial charge in [0.1, 0.15) is 12.2 Å². The summed E-state index contributed by atoms with van der Waals surface area (Å²) in [6.45, 7) is 1.78. The molecule has 0 spiro atoms. The number of thiophene rings is 1. The second-order valence-corrected chi connectivity index (χ2v) is 6.64. The third-order valence-corrected chi connectivity index (χ3v) is 4.80. The van der Waals surface area contributed by atoms with Crippen molar-refractivity contribution < 1.29 is 28.3 Å². The van der Waals surface area contributed by atoms with Crippen molar-refractivity contribution in [1.29, 1.82) is 0 Å². The summed E-state index contributed by atoms with van der Waals surface area (Å²) in [5.41, 5.74) is 0.974. The van der Waals surface area contributed by atoms with E-state index in [1.165, 1.54) is 11.3 Å². The van der Waals surface area contributed by atoms with Gasteiger partial charge in [-0.15, -0.1) is 11.3 Å². The molecule has 0 amide bonds. The summed E-state index contributed by atoms with van der Waals surface area (Å²) >= 11 is 1.34. The van der Waals surface area contributed by atoms with Crippen LogP contribution in [0.3, 0.4) is 0 Å². The van der Waals surface area contributed by atoms with E-state index in [0.717, 1.165) is 0 Å². The van der Waals surface area contributed by atoms with Crippen molar-refractivity contribution in [3.05, 3.63) is 58.0 Å². The van der Waals surface area contributed by atoms with Crippen LogP contribution in [0.4, 0.5) is 0 Å². The summed E-state index contributed by atoms with van der Waals surface area (Å²) in [7, 11) is 0. The number of fused-ring (bicyclic) bond motifs is 1. The fourth-order valence-corrected chi connectivity index (χ4v) is 3.30. The first-order chi connectivity index (χ1) is 13.1. The second kappa shape index (κ2) is 8.64. The molecule has 3 aromatic rings. The SMILES string of the molecule is CCOC(=O)c1oc2ccccc2c1COC(=O)CCC(=O)c1cccs1. The molecule has 0 aliphatic heterocycles. The van der Waals surface area contributed by atoms with Crippen molar-refractivity contribution in [2.75, 3.05) is 6.61 Å². The first-order valence-electron chi connectivity index (χ1n) is 8.50. The number of benzene rings is 1. The van der Waals surface area contributed by atoms with E-state index in [4.69, 9.17) is 13.9 Å². The van der Waals surface area contributed by atoms with Crippen molar-refractivity contribution >= 4 is 40.0 Å². The van der Waals surface area contributed by atoms with E-state index in [0.29, 0.717) is 21.4 Å². The molecule has 0 N–H and O–H groups in total. The molecule has 2 heterocycles. The van der Waals surface area contributed by atoms with Gasteiger partial charge in [-0.1, -0.05) is 24.3 Å². The predicted octanol–water partition coefficient (Wildman–Crippen LogP) is 4.38. The molecule has 140 valence electrons. The Balaban J connectivity index is 1.67. The maximum absolute atomic E-state index is 12.1. The van der Waals surface area contributed by atoms with E-state index in [1.807, 2.05) is 5.38 Å². The van der Waals surface area contributed by atoms with Crippen molar-refractivity contribution in [2.45, 2.75) is 26.4 Å². The molecule has 0 fully saturated rings. The minimum Gasteiger partial charge on any atom is -0.461 e. The smallest absolute Gasteiger partial charge is 0.374 e. The molecule has 0 aliphatic carbocycles. The van der Waals surface area contributed by atoms with Crippen LogP contribution in [0.5, 0.6) is 0 Å². The highest BCUT2D eigenvalue weighted by Crippen LogP contribution is 2.27. The summed E-state index contributed by atoms with van der Waals surface area (Å²) < 4.78 is 15.9. The van der Waals surface area contributed by atoms with Gasteiger partial charge < -0.3 is 13.9 Å². The lowest BCUT2D eigenvalue weighted by Crippen LogP contribution is -2.10. The quantitative estimate of drug-likeness (QED) is 0.422. The van der Waals surface area contributed by atoms with E-state index in [-0.39, 0.29) is 37.6 Å². The van der Waals surface area contributed by atoms with Gasteiger partial charge in [0.25, 0.3) is 0 Å². The van der Waals surface area contributed by atoms with Crippen LogP contribution in [0, 0.1) is 0 Å². The summed E-state index contributed by atoms with van der Waals surface area (Å²) in [5, 5.41) is 2.50. The van der Waals surface area contributed by atoms with Crippen molar-refractivity contribution in [3.63, 3.8) is 0 Å². The highest BCUT2D eigenvalue weighted by Gasteiger charge is 2.22. The van der Waals surface area contributed by atoms with Gasteiger partial charge in [0.05, 0.1) is 23.5 Å².